The Morgan fingerprint density at radius 3 is 2.72 bits per heavy atom. The average Bonchev–Trinajstić information content (AvgIpc) is 2.47. The predicted octanol–water partition coefficient (Wildman–Crippen LogP) is 2.86. The molecule has 1 aliphatic heterocycles. The Morgan fingerprint density at radius 2 is 1.89 bits per heavy atom. The minimum atomic E-state index is 0.315. The fourth-order valence-corrected chi connectivity index (χ4v) is 3.62. The van der Waals surface area contributed by atoms with E-state index in [9.17, 15) is 0 Å². The van der Waals surface area contributed by atoms with E-state index >= 15 is 0 Å². The molecule has 98 valence electrons. The Balaban J connectivity index is 1.80. The normalized spacial score (nSPS) is 26.6. The van der Waals surface area contributed by atoms with E-state index in [0.29, 0.717) is 17.9 Å². The molecule has 0 saturated carbocycles. The number of ether oxygens (including phenoxy) is 1. The van der Waals surface area contributed by atoms with Crippen molar-refractivity contribution in [3.63, 3.8) is 0 Å². The first-order chi connectivity index (χ1) is 8.86. The molecule has 2 unspecified atom stereocenters. The Bertz CT molecular complexity index is 398. The average molecular weight is 245 g/mol. The Morgan fingerprint density at radius 1 is 1.11 bits per heavy atom. The number of aryl methyl sites for hydroxylation is 1. The summed E-state index contributed by atoms with van der Waals surface area (Å²) in [4.78, 5) is 0. The van der Waals surface area contributed by atoms with E-state index in [0.717, 1.165) is 26.1 Å². The molecule has 1 saturated heterocycles. The standard InChI is InChI=1S/C16H23NO/c17-16(13-8-10-18-11-9-13)15-7-3-5-12-4-1-2-6-14(12)15/h1-2,4,6,13,15-16H,3,5,7-11,17H2. The third-order valence-corrected chi connectivity index (χ3v) is 4.69. The second-order valence-corrected chi connectivity index (χ2v) is 5.72. The van der Waals surface area contributed by atoms with Crippen molar-refractivity contribution in [3.8, 4) is 0 Å². The van der Waals surface area contributed by atoms with Crippen molar-refractivity contribution in [2.75, 3.05) is 13.2 Å². The summed E-state index contributed by atoms with van der Waals surface area (Å²) in [5.74, 6) is 1.22. The second-order valence-electron chi connectivity index (χ2n) is 5.72. The van der Waals surface area contributed by atoms with Gasteiger partial charge in [-0.05, 0) is 55.1 Å². The van der Waals surface area contributed by atoms with Gasteiger partial charge in [0.2, 0.25) is 0 Å². The molecule has 1 aromatic rings. The maximum absolute atomic E-state index is 6.58. The predicted molar refractivity (Wildman–Crippen MR) is 73.6 cm³/mol. The number of benzene rings is 1. The summed E-state index contributed by atoms with van der Waals surface area (Å²) in [7, 11) is 0. The first-order valence-electron chi connectivity index (χ1n) is 7.27. The summed E-state index contributed by atoms with van der Waals surface area (Å²) >= 11 is 0. The van der Waals surface area contributed by atoms with Gasteiger partial charge in [-0.15, -0.1) is 0 Å². The van der Waals surface area contributed by atoms with Crippen LogP contribution in [-0.4, -0.2) is 19.3 Å². The van der Waals surface area contributed by atoms with Crippen LogP contribution in [-0.2, 0) is 11.2 Å². The maximum atomic E-state index is 6.58. The first kappa shape index (κ1) is 12.2. The van der Waals surface area contributed by atoms with E-state index < -0.39 is 0 Å². The molecule has 3 rings (SSSR count). The molecule has 0 spiro atoms. The van der Waals surface area contributed by atoms with Crippen LogP contribution in [0, 0.1) is 5.92 Å². The van der Waals surface area contributed by atoms with Gasteiger partial charge in [0, 0.05) is 19.3 Å². The van der Waals surface area contributed by atoms with Gasteiger partial charge < -0.3 is 10.5 Å². The smallest absolute Gasteiger partial charge is 0.0469 e. The van der Waals surface area contributed by atoms with Gasteiger partial charge >= 0.3 is 0 Å². The third kappa shape index (κ3) is 2.32. The van der Waals surface area contributed by atoms with Crippen LogP contribution in [0.1, 0.15) is 42.7 Å². The molecule has 2 aliphatic rings. The summed E-state index contributed by atoms with van der Waals surface area (Å²) < 4.78 is 5.45. The highest BCUT2D eigenvalue weighted by atomic mass is 16.5. The molecule has 1 fully saturated rings. The highest BCUT2D eigenvalue weighted by Crippen LogP contribution is 2.37. The largest absolute Gasteiger partial charge is 0.381 e. The number of nitrogens with two attached hydrogens (primary N) is 1. The van der Waals surface area contributed by atoms with Crippen molar-refractivity contribution in [1.82, 2.24) is 0 Å². The van der Waals surface area contributed by atoms with Crippen molar-refractivity contribution >= 4 is 0 Å². The minimum absolute atomic E-state index is 0.315. The molecule has 1 aliphatic carbocycles. The van der Waals surface area contributed by atoms with Crippen molar-refractivity contribution in [2.45, 2.75) is 44.1 Å². The van der Waals surface area contributed by atoms with Crippen molar-refractivity contribution in [3.05, 3.63) is 35.4 Å². The lowest BCUT2D eigenvalue weighted by Crippen LogP contribution is -2.40. The molecular formula is C16H23NO. The fourth-order valence-electron chi connectivity index (χ4n) is 3.62. The molecule has 1 aromatic carbocycles. The fraction of sp³-hybridized carbons (Fsp3) is 0.625. The molecule has 0 amide bonds. The van der Waals surface area contributed by atoms with Crippen molar-refractivity contribution < 1.29 is 4.74 Å². The third-order valence-electron chi connectivity index (χ3n) is 4.69. The Hall–Kier alpha value is -0.860. The van der Waals surface area contributed by atoms with Crippen LogP contribution in [0.25, 0.3) is 0 Å². The highest BCUT2D eigenvalue weighted by Gasteiger charge is 2.31. The molecule has 2 N–H and O–H groups in total. The molecular weight excluding hydrogens is 222 g/mol. The minimum Gasteiger partial charge on any atom is -0.381 e. The van der Waals surface area contributed by atoms with Gasteiger partial charge in [-0.3, -0.25) is 0 Å². The lowest BCUT2D eigenvalue weighted by molar-refractivity contribution is 0.0545. The zero-order valence-electron chi connectivity index (χ0n) is 11.0. The highest BCUT2D eigenvalue weighted by molar-refractivity contribution is 5.33. The van der Waals surface area contributed by atoms with Crippen LogP contribution in [0.4, 0.5) is 0 Å². The Kier molecular flexibility index (Phi) is 3.67. The first-order valence-corrected chi connectivity index (χ1v) is 7.27. The van der Waals surface area contributed by atoms with Gasteiger partial charge in [-0.2, -0.15) is 0 Å². The van der Waals surface area contributed by atoms with Gasteiger partial charge in [0.05, 0.1) is 0 Å². The van der Waals surface area contributed by atoms with E-state index in [4.69, 9.17) is 10.5 Å². The molecule has 2 heteroatoms. The molecule has 0 aromatic heterocycles. The van der Waals surface area contributed by atoms with Crippen LogP contribution in [0.5, 0.6) is 0 Å². The molecule has 1 heterocycles. The zero-order valence-corrected chi connectivity index (χ0v) is 11.0. The van der Waals surface area contributed by atoms with Gasteiger partial charge in [0.15, 0.2) is 0 Å². The van der Waals surface area contributed by atoms with E-state index in [2.05, 4.69) is 24.3 Å². The van der Waals surface area contributed by atoms with E-state index in [-0.39, 0.29) is 0 Å². The lowest BCUT2D eigenvalue weighted by Gasteiger charge is -2.36. The molecule has 0 radical (unpaired) electrons. The number of rotatable bonds is 2. The summed E-state index contributed by atoms with van der Waals surface area (Å²) in [5.41, 5.74) is 9.62. The topological polar surface area (TPSA) is 35.2 Å². The van der Waals surface area contributed by atoms with Gasteiger partial charge in [-0.25, -0.2) is 0 Å². The van der Waals surface area contributed by atoms with Crippen LogP contribution in [0.2, 0.25) is 0 Å². The van der Waals surface area contributed by atoms with E-state index in [1.165, 1.54) is 30.4 Å². The number of fused-ring (bicyclic) bond motifs is 1. The van der Waals surface area contributed by atoms with Crippen LogP contribution < -0.4 is 5.73 Å². The number of hydrogen-bond acceptors (Lipinski definition) is 2. The summed E-state index contributed by atoms with van der Waals surface area (Å²) in [6.07, 6.45) is 6.06. The second kappa shape index (κ2) is 5.41. The van der Waals surface area contributed by atoms with Crippen molar-refractivity contribution in [1.29, 1.82) is 0 Å². The zero-order chi connectivity index (χ0) is 12.4. The van der Waals surface area contributed by atoms with E-state index in [1.807, 2.05) is 0 Å². The SMILES string of the molecule is NC(C1CCOCC1)C1CCCc2ccccc21. The van der Waals surface area contributed by atoms with E-state index in [1.54, 1.807) is 0 Å². The summed E-state index contributed by atoms with van der Waals surface area (Å²) in [6, 6.07) is 9.20. The molecule has 2 atom stereocenters. The van der Waals surface area contributed by atoms with Crippen LogP contribution in [0.15, 0.2) is 24.3 Å². The van der Waals surface area contributed by atoms with Gasteiger partial charge in [0.25, 0.3) is 0 Å². The monoisotopic (exact) mass is 245 g/mol. The summed E-state index contributed by atoms with van der Waals surface area (Å²) in [5, 5.41) is 0. The van der Waals surface area contributed by atoms with Gasteiger partial charge in [-0.1, -0.05) is 24.3 Å². The lowest BCUT2D eigenvalue weighted by atomic mass is 9.73. The van der Waals surface area contributed by atoms with Crippen LogP contribution >= 0.6 is 0 Å². The van der Waals surface area contributed by atoms with Gasteiger partial charge in [0.1, 0.15) is 0 Å². The Labute approximate surface area is 110 Å². The van der Waals surface area contributed by atoms with Crippen LogP contribution in [0.3, 0.4) is 0 Å². The molecule has 0 bridgehead atoms. The summed E-state index contributed by atoms with van der Waals surface area (Å²) in [6.45, 7) is 1.79. The quantitative estimate of drug-likeness (QED) is 0.869. The molecule has 18 heavy (non-hydrogen) atoms. The molecule has 2 nitrogen and oxygen atoms in total. The maximum Gasteiger partial charge on any atom is 0.0469 e. The van der Waals surface area contributed by atoms with Crippen molar-refractivity contribution in [2.24, 2.45) is 11.7 Å². The number of hydrogen-bond donors (Lipinski definition) is 1.